The van der Waals surface area contributed by atoms with Crippen LogP contribution in [-0.4, -0.2) is 0 Å². The monoisotopic (exact) mass is 229 g/mol. The minimum Gasteiger partial charge on any atom is -0.207 e. The van der Waals surface area contributed by atoms with Crippen molar-refractivity contribution < 1.29 is 8.78 Å². The molecule has 0 aliphatic heterocycles. The van der Waals surface area contributed by atoms with E-state index in [2.05, 4.69) is 0 Å². The first-order chi connectivity index (χ1) is 8.20. The Balaban J connectivity index is 2.44. The topological polar surface area (TPSA) is 23.8 Å². The van der Waals surface area contributed by atoms with Gasteiger partial charge >= 0.3 is 0 Å². The maximum atomic E-state index is 13.8. The molecule has 0 aliphatic rings. The zero-order valence-electron chi connectivity index (χ0n) is 8.95. The molecule has 0 spiro atoms. The van der Waals surface area contributed by atoms with E-state index in [9.17, 15) is 8.78 Å². The van der Waals surface area contributed by atoms with Crippen LogP contribution < -0.4 is 0 Å². The molecule has 0 fully saturated rings. The molecule has 2 aromatic rings. The average Bonchev–Trinajstić information content (AvgIpc) is 2.29. The highest BCUT2D eigenvalue weighted by Gasteiger charge is 2.06. The SMILES string of the molecule is N#CCc1ccc(-c2cccc(F)c2)c(F)c1. The Bertz CT molecular complexity index is 585. The molecule has 0 aromatic heterocycles. The van der Waals surface area contributed by atoms with Gasteiger partial charge in [0.2, 0.25) is 0 Å². The second-order valence-electron chi connectivity index (χ2n) is 3.66. The molecule has 0 radical (unpaired) electrons. The molecular weight excluding hydrogens is 220 g/mol. The maximum Gasteiger partial charge on any atom is 0.131 e. The van der Waals surface area contributed by atoms with Crippen LogP contribution in [0.15, 0.2) is 42.5 Å². The summed E-state index contributed by atoms with van der Waals surface area (Å²) in [5.74, 6) is -0.841. The van der Waals surface area contributed by atoms with E-state index < -0.39 is 11.6 Å². The van der Waals surface area contributed by atoms with E-state index in [1.54, 1.807) is 18.2 Å². The van der Waals surface area contributed by atoms with Gasteiger partial charge < -0.3 is 0 Å². The van der Waals surface area contributed by atoms with Gasteiger partial charge in [0.05, 0.1) is 12.5 Å². The predicted octanol–water partition coefficient (Wildman–Crippen LogP) is 3.70. The van der Waals surface area contributed by atoms with Gasteiger partial charge in [-0.25, -0.2) is 8.78 Å². The number of benzene rings is 2. The lowest BCUT2D eigenvalue weighted by molar-refractivity contribution is 0.624. The predicted molar refractivity (Wildman–Crippen MR) is 61.1 cm³/mol. The van der Waals surface area contributed by atoms with Crippen molar-refractivity contribution >= 4 is 0 Å². The zero-order chi connectivity index (χ0) is 12.3. The summed E-state index contributed by atoms with van der Waals surface area (Å²) in [6.07, 6.45) is 0.167. The van der Waals surface area contributed by atoms with Crippen molar-refractivity contribution in [2.75, 3.05) is 0 Å². The fourth-order valence-corrected chi connectivity index (χ4v) is 1.65. The molecule has 0 aliphatic carbocycles. The molecule has 0 heterocycles. The van der Waals surface area contributed by atoms with E-state index >= 15 is 0 Å². The van der Waals surface area contributed by atoms with Crippen molar-refractivity contribution in [2.45, 2.75) is 6.42 Å². The van der Waals surface area contributed by atoms with E-state index in [-0.39, 0.29) is 6.42 Å². The molecule has 0 unspecified atom stereocenters. The van der Waals surface area contributed by atoms with Crippen molar-refractivity contribution in [1.82, 2.24) is 0 Å². The number of rotatable bonds is 2. The molecule has 1 nitrogen and oxygen atoms in total. The number of halogens is 2. The van der Waals surface area contributed by atoms with Gasteiger partial charge in [0.1, 0.15) is 11.6 Å². The van der Waals surface area contributed by atoms with E-state index in [1.807, 2.05) is 6.07 Å². The first-order valence-corrected chi connectivity index (χ1v) is 5.12. The maximum absolute atomic E-state index is 13.8. The minimum absolute atomic E-state index is 0.167. The quantitative estimate of drug-likeness (QED) is 0.770. The molecule has 0 bridgehead atoms. The van der Waals surface area contributed by atoms with E-state index in [1.165, 1.54) is 24.3 Å². The van der Waals surface area contributed by atoms with Crippen LogP contribution in [0.2, 0.25) is 0 Å². The third-order valence-corrected chi connectivity index (χ3v) is 2.45. The Morgan fingerprint density at radius 2 is 1.88 bits per heavy atom. The van der Waals surface area contributed by atoms with E-state index in [4.69, 9.17) is 5.26 Å². The van der Waals surface area contributed by atoms with Gasteiger partial charge in [0.25, 0.3) is 0 Å². The van der Waals surface area contributed by atoms with Crippen LogP contribution in [0, 0.1) is 23.0 Å². The normalized spacial score (nSPS) is 9.94. The molecule has 17 heavy (non-hydrogen) atoms. The van der Waals surface area contributed by atoms with Crippen molar-refractivity contribution in [3.8, 4) is 17.2 Å². The molecule has 2 rings (SSSR count). The van der Waals surface area contributed by atoms with Crippen LogP contribution >= 0.6 is 0 Å². The summed E-state index contributed by atoms with van der Waals surface area (Å²) >= 11 is 0. The summed E-state index contributed by atoms with van der Waals surface area (Å²) in [6.45, 7) is 0. The lowest BCUT2D eigenvalue weighted by Gasteiger charge is -2.05. The van der Waals surface area contributed by atoms with Crippen molar-refractivity contribution in [3.05, 3.63) is 59.7 Å². The molecule has 84 valence electrons. The van der Waals surface area contributed by atoms with E-state index in [0.29, 0.717) is 16.7 Å². The Hall–Kier alpha value is -2.21. The van der Waals surface area contributed by atoms with Crippen molar-refractivity contribution in [2.24, 2.45) is 0 Å². The second kappa shape index (κ2) is 4.75. The molecule has 0 atom stereocenters. The Labute approximate surface area is 97.9 Å². The first kappa shape index (κ1) is 11.3. The third kappa shape index (κ3) is 2.48. The summed E-state index contributed by atoms with van der Waals surface area (Å²) in [7, 11) is 0. The number of nitrogens with zero attached hydrogens (tertiary/aromatic N) is 1. The lowest BCUT2D eigenvalue weighted by atomic mass is 10.0. The van der Waals surface area contributed by atoms with Gasteiger partial charge in [-0.15, -0.1) is 0 Å². The summed E-state index contributed by atoms with van der Waals surface area (Å²) in [6, 6.07) is 12.3. The van der Waals surface area contributed by atoms with Crippen LogP contribution in [0.3, 0.4) is 0 Å². The molecule has 2 aromatic carbocycles. The van der Waals surface area contributed by atoms with Crippen LogP contribution in [0.1, 0.15) is 5.56 Å². The van der Waals surface area contributed by atoms with Crippen LogP contribution in [0.25, 0.3) is 11.1 Å². The average molecular weight is 229 g/mol. The fourth-order valence-electron chi connectivity index (χ4n) is 1.65. The van der Waals surface area contributed by atoms with E-state index in [0.717, 1.165) is 0 Å². The second-order valence-corrected chi connectivity index (χ2v) is 3.66. The van der Waals surface area contributed by atoms with Crippen molar-refractivity contribution in [3.63, 3.8) is 0 Å². The van der Waals surface area contributed by atoms with Gasteiger partial charge in [-0.05, 0) is 29.3 Å². The van der Waals surface area contributed by atoms with Crippen LogP contribution in [0.4, 0.5) is 8.78 Å². The fraction of sp³-hybridized carbons (Fsp3) is 0.0714. The number of hydrogen-bond acceptors (Lipinski definition) is 1. The zero-order valence-corrected chi connectivity index (χ0v) is 8.95. The summed E-state index contributed by atoms with van der Waals surface area (Å²) in [5, 5.41) is 8.51. The van der Waals surface area contributed by atoms with Gasteiger partial charge in [0, 0.05) is 5.56 Å². The smallest absolute Gasteiger partial charge is 0.131 e. The number of hydrogen-bond donors (Lipinski definition) is 0. The van der Waals surface area contributed by atoms with Gasteiger partial charge in [0.15, 0.2) is 0 Å². The molecule has 0 amide bonds. The van der Waals surface area contributed by atoms with Crippen LogP contribution in [-0.2, 0) is 6.42 Å². The van der Waals surface area contributed by atoms with Gasteiger partial charge in [-0.3, -0.25) is 0 Å². The molecular formula is C14H9F2N. The summed E-state index contributed by atoms with van der Waals surface area (Å²) in [4.78, 5) is 0. The molecule has 0 saturated carbocycles. The highest BCUT2D eigenvalue weighted by molar-refractivity contribution is 5.64. The summed E-state index contributed by atoms with van der Waals surface area (Å²) in [5.41, 5.74) is 1.45. The number of nitriles is 1. The Kier molecular flexibility index (Phi) is 3.15. The summed E-state index contributed by atoms with van der Waals surface area (Å²) < 4.78 is 26.8. The van der Waals surface area contributed by atoms with Gasteiger partial charge in [-0.2, -0.15) is 5.26 Å². The Morgan fingerprint density at radius 3 is 2.53 bits per heavy atom. The largest absolute Gasteiger partial charge is 0.207 e. The highest BCUT2D eigenvalue weighted by atomic mass is 19.1. The standard InChI is InChI=1S/C14H9F2N/c15-12-3-1-2-11(9-12)13-5-4-10(6-7-17)8-14(13)16/h1-5,8-9H,6H2. The molecule has 0 N–H and O–H groups in total. The highest BCUT2D eigenvalue weighted by Crippen LogP contribution is 2.24. The molecule has 0 saturated heterocycles. The third-order valence-electron chi connectivity index (χ3n) is 2.45. The van der Waals surface area contributed by atoms with Crippen LogP contribution in [0.5, 0.6) is 0 Å². The van der Waals surface area contributed by atoms with Crippen molar-refractivity contribution in [1.29, 1.82) is 5.26 Å². The minimum atomic E-state index is -0.441. The van der Waals surface area contributed by atoms with Gasteiger partial charge in [-0.1, -0.05) is 24.3 Å². The molecule has 3 heteroatoms. The lowest BCUT2D eigenvalue weighted by Crippen LogP contribution is -1.89. The Morgan fingerprint density at radius 1 is 1.06 bits per heavy atom. The first-order valence-electron chi connectivity index (χ1n) is 5.12.